The molecule has 1 aliphatic rings. The van der Waals surface area contributed by atoms with Gasteiger partial charge in [0.25, 0.3) is 0 Å². The molecule has 1 aliphatic heterocycles. The van der Waals surface area contributed by atoms with Crippen LogP contribution in [-0.2, 0) is 9.53 Å². The average Bonchev–Trinajstić information content (AvgIpc) is 2.29. The summed E-state index contributed by atoms with van der Waals surface area (Å²) in [6.45, 7) is 4.74. The Bertz CT molecular complexity index is 417. The summed E-state index contributed by atoms with van der Waals surface area (Å²) in [4.78, 5) is 11.4. The lowest BCUT2D eigenvalue weighted by atomic mass is 10.1. The number of hydrogen-bond acceptors (Lipinski definition) is 4. The maximum atomic E-state index is 11.4. The summed E-state index contributed by atoms with van der Waals surface area (Å²) in [7, 11) is 0. The van der Waals surface area contributed by atoms with Gasteiger partial charge in [-0.1, -0.05) is 6.07 Å². The van der Waals surface area contributed by atoms with E-state index in [1.807, 2.05) is 25.1 Å². The van der Waals surface area contributed by atoms with Crippen molar-refractivity contribution >= 4 is 11.7 Å². The first kappa shape index (κ1) is 11.8. The molecule has 0 fully saturated rings. The van der Waals surface area contributed by atoms with Gasteiger partial charge in [0.15, 0.2) is 0 Å². The number of hydrogen-bond donors (Lipinski definition) is 1. The van der Waals surface area contributed by atoms with Crippen LogP contribution in [0.1, 0.15) is 18.9 Å². The first-order valence-corrected chi connectivity index (χ1v) is 5.84. The molecule has 2 rings (SSSR count). The van der Waals surface area contributed by atoms with Crippen molar-refractivity contribution in [3.8, 4) is 5.75 Å². The van der Waals surface area contributed by atoms with E-state index in [1.165, 1.54) is 0 Å². The fraction of sp³-hybridized carbons (Fsp3) is 0.462. The number of fused-ring (bicyclic) bond motifs is 1. The largest absolute Gasteiger partial charge is 0.489 e. The molecule has 0 aliphatic carbocycles. The molecule has 0 unspecified atom stereocenters. The Balaban J connectivity index is 1.99. The second-order valence-corrected chi connectivity index (χ2v) is 4.16. The van der Waals surface area contributed by atoms with E-state index >= 15 is 0 Å². The third kappa shape index (κ3) is 2.90. The van der Waals surface area contributed by atoms with E-state index in [9.17, 15) is 4.79 Å². The number of carbonyl (C=O) groups excluding carboxylic acids is 1. The fourth-order valence-corrected chi connectivity index (χ4v) is 1.85. The molecule has 0 amide bonds. The summed E-state index contributed by atoms with van der Waals surface area (Å²) in [5.41, 5.74) is 2.10. The Morgan fingerprint density at radius 3 is 3.18 bits per heavy atom. The fourth-order valence-electron chi connectivity index (χ4n) is 1.85. The highest BCUT2D eigenvalue weighted by Crippen LogP contribution is 2.30. The van der Waals surface area contributed by atoms with E-state index in [-0.39, 0.29) is 12.0 Å². The third-order valence-corrected chi connectivity index (χ3v) is 2.66. The number of ether oxygens (including phenoxy) is 2. The Hall–Kier alpha value is -1.71. The molecule has 4 heteroatoms. The molecule has 0 saturated carbocycles. The molecule has 0 spiro atoms. The number of nitrogens with one attached hydrogen (secondary N) is 1. The minimum Gasteiger partial charge on any atom is -0.489 e. The maximum Gasteiger partial charge on any atom is 0.307 e. The Kier molecular flexibility index (Phi) is 3.52. The molecule has 1 atom stereocenters. The highest BCUT2D eigenvalue weighted by atomic mass is 16.5. The van der Waals surface area contributed by atoms with Crippen molar-refractivity contribution < 1.29 is 14.3 Å². The van der Waals surface area contributed by atoms with E-state index in [4.69, 9.17) is 9.47 Å². The van der Waals surface area contributed by atoms with Gasteiger partial charge in [-0.3, -0.25) is 4.79 Å². The van der Waals surface area contributed by atoms with E-state index in [1.54, 1.807) is 6.92 Å². The highest BCUT2D eigenvalue weighted by molar-refractivity contribution is 5.71. The molecule has 1 aromatic carbocycles. The van der Waals surface area contributed by atoms with Gasteiger partial charge in [0.1, 0.15) is 12.4 Å². The molecular weight excluding hydrogens is 218 g/mol. The number of rotatable bonds is 3. The molecule has 1 heterocycles. The van der Waals surface area contributed by atoms with Gasteiger partial charge in [-0.25, -0.2) is 0 Å². The standard InChI is InChI=1S/C13H17NO3/c1-3-16-13(15)7-10-8-17-12-6-9(2)4-5-11(12)14-10/h4-6,10,14H,3,7-8H2,1-2H3/t10-/m0/s1. The van der Waals surface area contributed by atoms with Crippen molar-refractivity contribution in [2.75, 3.05) is 18.5 Å². The lowest BCUT2D eigenvalue weighted by molar-refractivity contribution is -0.143. The Morgan fingerprint density at radius 2 is 2.41 bits per heavy atom. The quantitative estimate of drug-likeness (QED) is 0.815. The van der Waals surface area contributed by atoms with Gasteiger partial charge >= 0.3 is 5.97 Å². The summed E-state index contributed by atoms with van der Waals surface area (Å²) in [5.74, 6) is 0.661. The van der Waals surface area contributed by atoms with Gasteiger partial charge in [0, 0.05) is 0 Å². The highest BCUT2D eigenvalue weighted by Gasteiger charge is 2.21. The van der Waals surface area contributed by atoms with Gasteiger partial charge in [-0.15, -0.1) is 0 Å². The van der Waals surface area contributed by atoms with Crippen molar-refractivity contribution in [2.45, 2.75) is 26.3 Å². The summed E-state index contributed by atoms with van der Waals surface area (Å²) in [5, 5.41) is 3.29. The van der Waals surface area contributed by atoms with Crippen LogP contribution in [0.15, 0.2) is 18.2 Å². The number of aryl methyl sites for hydroxylation is 1. The molecule has 17 heavy (non-hydrogen) atoms. The van der Waals surface area contributed by atoms with Crippen LogP contribution >= 0.6 is 0 Å². The molecule has 0 bridgehead atoms. The van der Waals surface area contributed by atoms with Crippen molar-refractivity contribution in [1.29, 1.82) is 0 Å². The molecule has 0 saturated heterocycles. The molecular formula is C13H17NO3. The summed E-state index contributed by atoms with van der Waals surface area (Å²) >= 11 is 0. The summed E-state index contributed by atoms with van der Waals surface area (Å²) in [6, 6.07) is 5.97. The first-order chi connectivity index (χ1) is 8.19. The zero-order valence-corrected chi connectivity index (χ0v) is 10.2. The van der Waals surface area contributed by atoms with Gasteiger partial charge in [-0.2, -0.15) is 0 Å². The first-order valence-electron chi connectivity index (χ1n) is 5.84. The molecule has 0 aromatic heterocycles. The zero-order chi connectivity index (χ0) is 12.3. The number of carbonyl (C=O) groups is 1. The van der Waals surface area contributed by atoms with Crippen molar-refractivity contribution in [2.24, 2.45) is 0 Å². The molecule has 0 radical (unpaired) electrons. The van der Waals surface area contributed by atoms with Crippen LogP contribution in [0.2, 0.25) is 0 Å². The van der Waals surface area contributed by atoms with Gasteiger partial charge in [-0.05, 0) is 31.5 Å². The van der Waals surface area contributed by atoms with Crippen LogP contribution in [0, 0.1) is 6.92 Å². The predicted octanol–water partition coefficient (Wildman–Crippen LogP) is 2.12. The normalized spacial score (nSPS) is 17.6. The molecule has 1 aromatic rings. The average molecular weight is 235 g/mol. The monoisotopic (exact) mass is 235 g/mol. The molecule has 92 valence electrons. The lowest BCUT2D eigenvalue weighted by Crippen LogP contribution is -2.34. The third-order valence-electron chi connectivity index (χ3n) is 2.66. The lowest BCUT2D eigenvalue weighted by Gasteiger charge is -2.27. The van der Waals surface area contributed by atoms with E-state index in [0.29, 0.717) is 19.6 Å². The van der Waals surface area contributed by atoms with Crippen LogP contribution in [0.5, 0.6) is 5.75 Å². The second-order valence-electron chi connectivity index (χ2n) is 4.16. The van der Waals surface area contributed by atoms with Crippen molar-refractivity contribution in [3.63, 3.8) is 0 Å². The van der Waals surface area contributed by atoms with Crippen LogP contribution in [-0.4, -0.2) is 25.2 Å². The van der Waals surface area contributed by atoms with Gasteiger partial charge in [0.2, 0.25) is 0 Å². The van der Waals surface area contributed by atoms with Crippen molar-refractivity contribution in [3.05, 3.63) is 23.8 Å². The SMILES string of the molecule is CCOC(=O)C[C@H]1COc2cc(C)ccc2N1. The Morgan fingerprint density at radius 1 is 1.59 bits per heavy atom. The number of anilines is 1. The van der Waals surface area contributed by atoms with Gasteiger partial charge < -0.3 is 14.8 Å². The van der Waals surface area contributed by atoms with Crippen molar-refractivity contribution in [1.82, 2.24) is 0 Å². The van der Waals surface area contributed by atoms with E-state index < -0.39 is 0 Å². The molecule has 4 nitrogen and oxygen atoms in total. The minimum absolute atomic E-state index is 0.00995. The topological polar surface area (TPSA) is 47.6 Å². The van der Waals surface area contributed by atoms with Crippen LogP contribution in [0.25, 0.3) is 0 Å². The predicted molar refractivity (Wildman–Crippen MR) is 65.3 cm³/mol. The summed E-state index contributed by atoms with van der Waals surface area (Å²) in [6.07, 6.45) is 0.334. The van der Waals surface area contributed by atoms with Crippen LogP contribution in [0.4, 0.5) is 5.69 Å². The van der Waals surface area contributed by atoms with Gasteiger partial charge in [0.05, 0.1) is 24.8 Å². The smallest absolute Gasteiger partial charge is 0.307 e. The zero-order valence-electron chi connectivity index (χ0n) is 10.2. The molecule has 1 N–H and O–H groups in total. The number of benzene rings is 1. The number of esters is 1. The van der Waals surface area contributed by atoms with Crippen LogP contribution < -0.4 is 10.1 Å². The second kappa shape index (κ2) is 5.08. The maximum absolute atomic E-state index is 11.4. The van der Waals surface area contributed by atoms with E-state index in [0.717, 1.165) is 17.0 Å². The van der Waals surface area contributed by atoms with Crippen LogP contribution in [0.3, 0.4) is 0 Å². The van der Waals surface area contributed by atoms with E-state index in [2.05, 4.69) is 5.32 Å². The Labute approximate surface area is 101 Å². The minimum atomic E-state index is -0.191. The summed E-state index contributed by atoms with van der Waals surface area (Å²) < 4.78 is 10.5.